The van der Waals surface area contributed by atoms with Crippen LogP contribution in [0.15, 0.2) is 24.3 Å². The second kappa shape index (κ2) is 8.67. The van der Waals surface area contributed by atoms with Crippen molar-refractivity contribution >= 4 is 12.2 Å². The molecule has 0 radical (unpaired) electrons. The Morgan fingerprint density at radius 1 is 1.16 bits per heavy atom. The van der Waals surface area contributed by atoms with E-state index < -0.39 is 37.3 Å². The molecule has 0 spiro atoms. The maximum atomic E-state index is 10.7. The van der Waals surface area contributed by atoms with E-state index in [2.05, 4.69) is 6.07 Å². The first-order valence-electron chi connectivity index (χ1n) is 10.1. The molecule has 5 atom stereocenters. The molecule has 2 aliphatic rings. The quantitative estimate of drug-likeness (QED) is 0.519. The Hall–Kier alpha value is -2.32. The van der Waals surface area contributed by atoms with Gasteiger partial charge in [0.2, 0.25) is 0 Å². The van der Waals surface area contributed by atoms with E-state index in [0.717, 1.165) is 35.2 Å². The van der Waals surface area contributed by atoms with Gasteiger partial charge in [0.15, 0.2) is 6.23 Å². The Kier molecular flexibility index (Phi) is 6.12. The largest absolute Gasteiger partial charge is 0.497 e. The zero-order valence-electron chi connectivity index (χ0n) is 16.9. The van der Waals surface area contributed by atoms with Crippen molar-refractivity contribution in [2.24, 2.45) is 0 Å². The second-order valence-electron chi connectivity index (χ2n) is 7.76. The molecule has 4 rings (SSSR count). The lowest BCUT2D eigenvalue weighted by molar-refractivity contribution is -0.252. The van der Waals surface area contributed by atoms with Gasteiger partial charge in [-0.3, -0.25) is 0 Å². The SMILES string of the molecule is COc1ccc(-c2c3c(n([C@H]4O[C@@H](CO)[C@@H](O)[C@@H](O)[C@H]4O)c(=S)c2C#N)CCC3)cc1. The molecule has 1 fully saturated rings. The molecule has 1 aliphatic carbocycles. The van der Waals surface area contributed by atoms with Crippen molar-refractivity contribution in [3.63, 3.8) is 0 Å². The van der Waals surface area contributed by atoms with Crippen molar-refractivity contribution in [1.29, 1.82) is 5.26 Å². The van der Waals surface area contributed by atoms with Crippen molar-refractivity contribution in [1.82, 2.24) is 4.57 Å². The van der Waals surface area contributed by atoms with Crippen molar-refractivity contribution in [3.05, 3.63) is 45.7 Å². The third kappa shape index (κ3) is 3.55. The van der Waals surface area contributed by atoms with Crippen LogP contribution in [0.4, 0.5) is 0 Å². The summed E-state index contributed by atoms with van der Waals surface area (Å²) in [5, 5.41) is 50.6. The van der Waals surface area contributed by atoms with Gasteiger partial charge < -0.3 is 34.5 Å². The summed E-state index contributed by atoms with van der Waals surface area (Å²) < 4.78 is 12.7. The minimum atomic E-state index is -1.53. The molecule has 2 aromatic rings. The fraction of sp³-hybridized carbons (Fsp3) is 0.455. The fourth-order valence-corrected chi connectivity index (χ4v) is 4.87. The average Bonchev–Trinajstić information content (AvgIpc) is 3.27. The lowest BCUT2D eigenvalue weighted by Gasteiger charge is -2.41. The van der Waals surface area contributed by atoms with Gasteiger partial charge in [0.05, 0.1) is 19.3 Å². The number of nitrogens with zero attached hydrogens (tertiary/aromatic N) is 2. The minimum absolute atomic E-state index is 0.179. The molecule has 4 N–H and O–H groups in total. The summed E-state index contributed by atoms with van der Waals surface area (Å²) in [6.07, 6.45) is -4.45. The van der Waals surface area contributed by atoms with E-state index in [9.17, 15) is 25.7 Å². The number of methoxy groups -OCH3 is 1. The number of pyridine rings is 1. The summed E-state index contributed by atoms with van der Waals surface area (Å²) in [5.41, 5.74) is 3.62. The van der Waals surface area contributed by atoms with Crippen molar-refractivity contribution in [3.8, 4) is 22.9 Å². The summed E-state index contributed by atoms with van der Waals surface area (Å²) >= 11 is 5.66. The maximum absolute atomic E-state index is 10.7. The smallest absolute Gasteiger partial charge is 0.164 e. The second-order valence-corrected chi connectivity index (χ2v) is 8.15. The molecule has 1 aromatic heterocycles. The number of fused-ring (bicyclic) bond motifs is 1. The number of ether oxygens (including phenoxy) is 2. The molecule has 164 valence electrons. The average molecular weight is 445 g/mol. The molecule has 0 unspecified atom stereocenters. The summed E-state index contributed by atoms with van der Waals surface area (Å²) in [4.78, 5) is 0. The van der Waals surface area contributed by atoms with E-state index >= 15 is 0 Å². The van der Waals surface area contributed by atoms with Crippen LogP contribution in [0.5, 0.6) is 5.75 Å². The number of rotatable bonds is 4. The number of hydrogen-bond acceptors (Lipinski definition) is 8. The summed E-state index contributed by atoms with van der Waals surface area (Å²) in [6, 6.07) is 9.59. The van der Waals surface area contributed by atoms with Crippen molar-refractivity contribution < 1.29 is 29.9 Å². The Morgan fingerprint density at radius 3 is 2.48 bits per heavy atom. The van der Waals surface area contributed by atoms with E-state index in [1.807, 2.05) is 24.3 Å². The lowest BCUT2D eigenvalue weighted by Crippen LogP contribution is -2.56. The standard InChI is InChI=1S/C22H24N2O6S/c1-29-12-7-5-11(6-8-12)17-13-3-2-4-15(13)24(22(31)14(17)9-23)21-20(28)19(27)18(26)16(10-25)30-21/h5-8,16,18-21,25-28H,2-4,10H2,1H3/t16-,18+,19+,20+,21-/m0/s1. The third-order valence-corrected chi connectivity index (χ3v) is 6.48. The highest BCUT2D eigenvalue weighted by molar-refractivity contribution is 7.71. The minimum Gasteiger partial charge on any atom is -0.497 e. The molecule has 1 saturated heterocycles. The molecule has 2 heterocycles. The Bertz CT molecular complexity index is 1080. The van der Waals surface area contributed by atoms with Crippen LogP contribution < -0.4 is 4.74 Å². The molecule has 9 heteroatoms. The Balaban J connectivity index is 1.91. The van der Waals surface area contributed by atoms with Crippen LogP contribution in [-0.4, -0.2) is 63.1 Å². The molecule has 0 amide bonds. The van der Waals surface area contributed by atoms with E-state index in [0.29, 0.717) is 12.2 Å². The lowest BCUT2D eigenvalue weighted by atomic mass is 9.93. The Labute approximate surface area is 184 Å². The van der Waals surface area contributed by atoms with Crippen molar-refractivity contribution in [2.45, 2.75) is 49.9 Å². The molecule has 31 heavy (non-hydrogen) atoms. The van der Waals surface area contributed by atoms with Crippen LogP contribution in [0.2, 0.25) is 0 Å². The number of hydrogen-bond donors (Lipinski definition) is 4. The van der Waals surface area contributed by atoms with Crippen LogP contribution in [0.3, 0.4) is 0 Å². The topological polar surface area (TPSA) is 128 Å². The molecular weight excluding hydrogens is 420 g/mol. The van der Waals surface area contributed by atoms with Gasteiger partial charge in [-0.2, -0.15) is 5.26 Å². The van der Waals surface area contributed by atoms with Gasteiger partial charge in [0.25, 0.3) is 0 Å². The molecular formula is C22H24N2O6S. The first-order chi connectivity index (χ1) is 14.9. The number of aliphatic hydroxyl groups is 4. The molecule has 8 nitrogen and oxygen atoms in total. The van der Waals surface area contributed by atoms with Crippen LogP contribution in [0.1, 0.15) is 29.5 Å². The van der Waals surface area contributed by atoms with Gasteiger partial charge in [-0.05, 0) is 42.5 Å². The van der Waals surface area contributed by atoms with E-state index in [-0.39, 0.29) is 10.2 Å². The predicted molar refractivity (Wildman–Crippen MR) is 113 cm³/mol. The van der Waals surface area contributed by atoms with Gasteiger partial charge in [-0.15, -0.1) is 0 Å². The maximum Gasteiger partial charge on any atom is 0.164 e. The first-order valence-corrected chi connectivity index (χ1v) is 10.5. The zero-order valence-corrected chi connectivity index (χ0v) is 17.7. The summed E-state index contributed by atoms with van der Waals surface area (Å²) in [5.74, 6) is 0.699. The van der Waals surface area contributed by atoms with Crippen LogP contribution in [0, 0.1) is 16.0 Å². The van der Waals surface area contributed by atoms with Crippen molar-refractivity contribution in [2.75, 3.05) is 13.7 Å². The fourth-order valence-electron chi connectivity index (χ4n) is 4.51. The molecule has 1 aliphatic heterocycles. The van der Waals surface area contributed by atoms with Gasteiger partial charge in [-0.25, -0.2) is 0 Å². The van der Waals surface area contributed by atoms with E-state index in [1.165, 1.54) is 0 Å². The molecule has 0 bridgehead atoms. The number of aliphatic hydroxyl groups excluding tert-OH is 4. The highest BCUT2D eigenvalue weighted by Gasteiger charge is 2.45. The number of nitriles is 1. The predicted octanol–water partition coefficient (Wildman–Crippen LogP) is 1.23. The normalized spacial score (nSPS) is 27.5. The van der Waals surface area contributed by atoms with Crippen LogP contribution >= 0.6 is 12.2 Å². The van der Waals surface area contributed by atoms with E-state index in [1.54, 1.807) is 11.7 Å². The molecule has 0 saturated carbocycles. The number of benzene rings is 1. The van der Waals surface area contributed by atoms with E-state index in [4.69, 9.17) is 21.7 Å². The molecule has 1 aromatic carbocycles. The van der Waals surface area contributed by atoms with Crippen LogP contribution in [0.25, 0.3) is 11.1 Å². The first kappa shape index (κ1) is 21.9. The zero-order chi connectivity index (χ0) is 22.3. The monoisotopic (exact) mass is 444 g/mol. The summed E-state index contributed by atoms with van der Waals surface area (Å²) in [7, 11) is 1.58. The highest BCUT2D eigenvalue weighted by Crippen LogP contribution is 2.40. The van der Waals surface area contributed by atoms with Gasteiger partial charge in [-0.1, -0.05) is 24.4 Å². The number of aromatic nitrogens is 1. The highest BCUT2D eigenvalue weighted by atomic mass is 32.1. The van der Waals surface area contributed by atoms with Gasteiger partial charge >= 0.3 is 0 Å². The van der Waals surface area contributed by atoms with Gasteiger partial charge in [0.1, 0.15) is 40.9 Å². The Morgan fingerprint density at radius 2 is 1.87 bits per heavy atom. The van der Waals surface area contributed by atoms with Crippen LogP contribution in [-0.2, 0) is 17.6 Å². The van der Waals surface area contributed by atoms with Gasteiger partial charge in [0, 0.05) is 11.3 Å². The summed E-state index contributed by atoms with van der Waals surface area (Å²) in [6.45, 7) is -0.536. The third-order valence-electron chi connectivity index (χ3n) is 6.08.